The van der Waals surface area contributed by atoms with Gasteiger partial charge < -0.3 is 5.73 Å². The van der Waals surface area contributed by atoms with Crippen molar-refractivity contribution in [1.29, 1.82) is 5.26 Å². The van der Waals surface area contributed by atoms with Gasteiger partial charge in [-0.1, -0.05) is 59.7 Å². The number of para-hydroxylation sites is 1. The van der Waals surface area contributed by atoms with Crippen LogP contribution in [-0.2, 0) is 0 Å². The van der Waals surface area contributed by atoms with E-state index in [2.05, 4.69) is 5.10 Å². The largest absolute Gasteiger partial charge is 0.382 e. The van der Waals surface area contributed by atoms with Gasteiger partial charge in [0.2, 0.25) is 0 Å². The molecule has 0 unspecified atom stereocenters. The Morgan fingerprint density at radius 1 is 1.00 bits per heavy atom. The quantitative estimate of drug-likeness (QED) is 0.837. The summed E-state index contributed by atoms with van der Waals surface area (Å²) in [5.41, 5.74) is 6.97. The number of anilines is 1. The van der Waals surface area contributed by atoms with Crippen molar-refractivity contribution in [1.82, 2.24) is 9.78 Å². The number of nitrogen functional groups attached to an aromatic ring is 1. The molecule has 2 rings (SSSR count). The van der Waals surface area contributed by atoms with E-state index in [-0.39, 0.29) is 0 Å². The molecule has 0 spiro atoms. The van der Waals surface area contributed by atoms with Crippen molar-refractivity contribution >= 4 is 5.82 Å². The average Bonchev–Trinajstić information content (AvgIpc) is 2.95. The van der Waals surface area contributed by atoms with Crippen molar-refractivity contribution in [3.05, 3.63) is 42.1 Å². The van der Waals surface area contributed by atoms with Crippen LogP contribution in [0, 0.1) is 11.3 Å². The number of hydrogen-bond donors (Lipinski definition) is 1. The zero-order valence-corrected chi connectivity index (χ0v) is 13.4. The minimum absolute atomic E-state index is 0.374. The van der Waals surface area contributed by atoms with Crippen LogP contribution in [0.2, 0.25) is 0 Å². The maximum Gasteiger partial charge on any atom is 0.145 e. The Hall–Kier alpha value is -2.28. The molecule has 0 saturated heterocycles. The Balaban J connectivity index is 0. The molecule has 0 aliphatic heterocycles. The van der Waals surface area contributed by atoms with E-state index in [4.69, 9.17) is 11.0 Å². The lowest BCUT2D eigenvalue weighted by Crippen LogP contribution is -2.01. The summed E-state index contributed by atoms with van der Waals surface area (Å²) >= 11 is 0. The Morgan fingerprint density at radius 3 is 1.90 bits per heavy atom. The molecule has 0 fully saturated rings. The molecule has 110 valence electrons. The van der Waals surface area contributed by atoms with Gasteiger partial charge in [-0.05, 0) is 12.1 Å². The number of nitriles is 1. The van der Waals surface area contributed by atoms with Gasteiger partial charge in [0.05, 0.1) is 11.9 Å². The van der Waals surface area contributed by atoms with Gasteiger partial charge in [-0.2, -0.15) is 10.4 Å². The summed E-state index contributed by atoms with van der Waals surface area (Å²) in [6, 6.07) is 11.4. The Kier molecular flexibility index (Phi) is 13.2. The van der Waals surface area contributed by atoms with Gasteiger partial charge in [0, 0.05) is 0 Å². The van der Waals surface area contributed by atoms with E-state index < -0.39 is 0 Å². The van der Waals surface area contributed by atoms with Gasteiger partial charge in [0.1, 0.15) is 17.5 Å². The number of aromatic nitrogens is 2. The summed E-state index contributed by atoms with van der Waals surface area (Å²) in [4.78, 5) is 0. The highest BCUT2D eigenvalue weighted by Crippen LogP contribution is 2.15. The predicted molar refractivity (Wildman–Crippen MR) is 86.7 cm³/mol. The molecule has 2 N–H and O–H groups in total. The van der Waals surface area contributed by atoms with Gasteiger partial charge in [-0.3, -0.25) is 0 Å². The smallest absolute Gasteiger partial charge is 0.145 e. The summed E-state index contributed by atoms with van der Waals surface area (Å²) in [7, 11) is 0. The summed E-state index contributed by atoms with van der Waals surface area (Å²) in [5.74, 6) is 0.374. The summed E-state index contributed by atoms with van der Waals surface area (Å²) in [6.45, 7) is 12.0. The van der Waals surface area contributed by atoms with Crippen molar-refractivity contribution < 1.29 is 0 Å². The second kappa shape index (κ2) is 13.2. The molecule has 0 atom stereocenters. The first kappa shape index (κ1) is 20.0. The zero-order chi connectivity index (χ0) is 16.0. The van der Waals surface area contributed by atoms with Crippen molar-refractivity contribution in [2.45, 2.75) is 41.5 Å². The van der Waals surface area contributed by atoms with Gasteiger partial charge in [-0.15, -0.1) is 0 Å². The third kappa shape index (κ3) is 5.57. The molecular weight excluding hydrogens is 248 g/mol. The lowest BCUT2D eigenvalue weighted by molar-refractivity contribution is 0.891. The average molecular weight is 274 g/mol. The van der Waals surface area contributed by atoms with E-state index in [9.17, 15) is 0 Å². The third-order valence-corrected chi connectivity index (χ3v) is 1.93. The summed E-state index contributed by atoms with van der Waals surface area (Å²) < 4.78 is 1.54. The number of benzene rings is 1. The monoisotopic (exact) mass is 274 g/mol. The second-order valence-corrected chi connectivity index (χ2v) is 2.80. The van der Waals surface area contributed by atoms with E-state index in [1.807, 2.05) is 77.9 Å². The van der Waals surface area contributed by atoms with Gasteiger partial charge in [0.25, 0.3) is 0 Å². The number of nitrogens with zero attached hydrogens (tertiary/aromatic N) is 3. The minimum atomic E-state index is 0.374. The van der Waals surface area contributed by atoms with Gasteiger partial charge in [-0.25, -0.2) is 4.68 Å². The molecule has 0 bridgehead atoms. The van der Waals surface area contributed by atoms with Crippen molar-refractivity contribution in [2.24, 2.45) is 0 Å². The lowest BCUT2D eigenvalue weighted by atomic mass is 10.3. The predicted octanol–water partition coefficient (Wildman–Crippen LogP) is 4.40. The molecule has 0 aliphatic carbocycles. The zero-order valence-electron chi connectivity index (χ0n) is 13.4. The van der Waals surface area contributed by atoms with E-state index in [0.717, 1.165) is 5.69 Å². The van der Waals surface area contributed by atoms with E-state index in [0.29, 0.717) is 11.4 Å². The first-order valence-corrected chi connectivity index (χ1v) is 7.12. The fourth-order valence-electron chi connectivity index (χ4n) is 1.22. The number of hydrogen-bond acceptors (Lipinski definition) is 3. The fourth-order valence-corrected chi connectivity index (χ4v) is 1.22. The standard InChI is InChI=1S/C10H8N4.3C2H6/c11-6-8-7-13-14(10(8)12)9-4-2-1-3-5-9;3*1-2/h1-5,7H,12H2;3*1-2H3. The molecule has 0 aliphatic rings. The number of nitrogens with two attached hydrogens (primary N) is 1. The molecule has 1 aromatic heterocycles. The highest BCUT2D eigenvalue weighted by atomic mass is 15.3. The maximum absolute atomic E-state index is 8.70. The first-order chi connectivity index (χ1) is 9.83. The first-order valence-electron chi connectivity index (χ1n) is 7.12. The molecule has 4 heteroatoms. The molecule has 0 saturated carbocycles. The van der Waals surface area contributed by atoms with E-state index in [1.165, 1.54) is 6.20 Å². The summed E-state index contributed by atoms with van der Waals surface area (Å²) in [6.07, 6.45) is 1.46. The Labute approximate surface area is 122 Å². The van der Waals surface area contributed by atoms with Crippen LogP contribution < -0.4 is 5.73 Å². The van der Waals surface area contributed by atoms with Crippen LogP contribution in [0.5, 0.6) is 0 Å². The molecule has 0 amide bonds. The maximum atomic E-state index is 8.70. The highest BCUT2D eigenvalue weighted by molar-refractivity contribution is 5.52. The molecule has 1 aromatic carbocycles. The molecular formula is C16H26N4. The van der Waals surface area contributed by atoms with E-state index >= 15 is 0 Å². The molecule has 2 aromatic rings. The van der Waals surface area contributed by atoms with Crippen LogP contribution in [0.15, 0.2) is 36.5 Å². The number of rotatable bonds is 1. The van der Waals surface area contributed by atoms with Crippen LogP contribution >= 0.6 is 0 Å². The molecule has 4 nitrogen and oxygen atoms in total. The molecule has 20 heavy (non-hydrogen) atoms. The molecule has 1 heterocycles. The highest BCUT2D eigenvalue weighted by Gasteiger charge is 2.06. The Bertz CT molecular complexity index is 481. The third-order valence-electron chi connectivity index (χ3n) is 1.93. The fraction of sp³-hybridized carbons (Fsp3) is 0.375. The van der Waals surface area contributed by atoms with Crippen LogP contribution in [-0.4, -0.2) is 9.78 Å². The topological polar surface area (TPSA) is 67.6 Å². The van der Waals surface area contributed by atoms with Crippen LogP contribution in [0.3, 0.4) is 0 Å². The molecule has 0 radical (unpaired) electrons. The minimum Gasteiger partial charge on any atom is -0.382 e. The van der Waals surface area contributed by atoms with Crippen LogP contribution in [0.25, 0.3) is 5.69 Å². The lowest BCUT2D eigenvalue weighted by Gasteiger charge is -2.02. The van der Waals surface area contributed by atoms with Crippen molar-refractivity contribution in [3.63, 3.8) is 0 Å². The summed E-state index contributed by atoms with van der Waals surface area (Å²) in [5, 5.41) is 12.7. The van der Waals surface area contributed by atoms with Crippen LogP contribution in [0.4, 0.5) is 5.82 Å². The van der Waals surface area contributed by atoms with Crippen molar-refractivity contribution in [3.8, 4) is 11.8 Å². The van der Waals surface area contributed by atoms with Gasteiger partial charge >= 0.3 is 0 Å². The van der Waals surface area contributed by atoms with Gasteiger partial charge in [0.15, 0.2) is 0 Å². The Morgan fingerprint density at radius 2 is 1.50 bits per heavy atom. The van der Waals surface area contributed by atoms with E-state index in [1.54, 1.807) is 4.68 Å². The SMILES string of the molecule is CC.CC.CC.N#Cc1cnn(-c2ccccc2)c1N. The van der Waals surface area contributed by atoms with Crippen LogP contribution in [0.1, 0.15) is 47.1 Å². The van der Waals surface area contributed by atoms with Crippen molar-refractivity contribution in [2.75, 3.05) is 5.73 Å². The second-order valence-electron chi connectivity index (χ2n) is 2.80. The normalized spacial score (nSPS) is 7.65.